The van der Waals surface area contributed by atoms with Crippen LogP contribution < -0.4 is 5.32 Å². The third kappa shape index (κ3) is 6.62. The number of hydrogen-bond acceptors (Lipinski definition) is 11. The first-order valence-electron chi connectivity index (χ1n) is 13.2. The van der Waals surface area contributed by atoms with Crippen molar-refractivity contribution in [2.45, 2.75) is 55.0 Å². The Labute approximate surface area is 237 Å². The predicted molar refractivity (Wildman–Crippen MR) is 148 cm³/mol. The highest BCUT2D eigenvalue weighted by Crippen LogP contribution is 2.33. The van der Waals surface area contributed by atoms with Gasteiger partial charge in [-0.05, 0) is 31.9 Å². The van der Waals surface area contributed by atoms with Crippen molar-refractivity contribution >= 4 is 44.0 Å². The number of anilines is 1. The molecule has 0 radical (unpaired) electrons. The molecule has 3 fully saturated rings. The molecule has 0 spiro atoms. The van der Waals surface area contributed by atoms with Gasteiger partial charge >= 0.3 is 6.09 Å². The lowest BCUT2D eigenvalue weighted by Crippen LogP contribution is -2.53. The number of sulfone groups is 1. The van der Waals surface area contributed by atoms with Crippen LogP contribution in [0.5, 0.6) is 0 Å². The fourth-order valence-electron chi connectivity index (χ4n) is 4.64. The summed E-state index contributed by atoms with van der Waals surface area (Å²) in [5.74, 6) is -0.516. The molecule has 3 heterocycles. The second-order valence-corrected chi connectivity index (χ2v) is 13.5. The largest absolute Gasteiger partial charge is 0.453 e. The minimum Gasteiger partial charge on any atom is -0.453 e. The summed E-state index contributed by atoms with van der Waals surface area (Å²) in [5, 5.41) is 7.05. The fourth-order valence-corrected chi connectivity index (χ4v) is 7.13. The van der Waals surface area contributed by atoms with Crippen molar-refractivity contribution in [1.82, 2.24) is 14.8 Å². The highest BCUT2D eigenvalue weighted by molar-refractivity contribution is 7.92. The molecule has 1 aliphatic carbocycles. The smallest absolute Gasteiger partial charge is 0.409 e. The van der Waals surface area contributed by atoms with Crippen molar-refractivity contribution in [1.29, 1.82) is 0 Å². The lowest BCUT2D eigenvalue weighted by molar-refractivity contribution is -0.110. The lowest BCUT2D eigenvalue weighted by atomic mass is 10.1. The number of piperazine rings is 1. The first kappa shape index (κ1) is 28.5. The second kappa shape index (κ2) is 12.2. The van der Waals surface area contributed by atoms with Gasteiger partial charge in [0.1, 0.15) is 0 Å². The van der Waals surface area contributed by atoms with Crippen LogP contribution in [0.4, 0.5) is 9.93 Å². The molecule has 1 aromatic heterocycles. The van der Waals surface area contributed by atoms with Gasteiger partial charge in [0.25, 0.3) is 5.91 Å². The topological polar surface area (TPSA) is 140 Å². The summed E-state index contributed by atoms with van der Waals surface area (Å²) < 4.78 is 35.3. The molecule has 2 amide bonds. The number of ether oxygens (including phenoxy) is 2. The molecular weight excluding hydrogens is 558 g/mol. The van der Waals surface area contributed by atoms with Crippen molar-refractivity contribution in [3.63, 3.8) is 0 Å². The highest BCUT2D eigenvalue weighted by atomic mass is 32.2. The Morgan fingerprint density at radius 3 is 2.62 bits per heavy atom. The number of carbonyl (C=O) groups excluding carboxylic acids is 2. The van der Waals surface area contributed by atoms with Crippen LogP contribution in [0, 0.1) is 0 Å². The quantitative estimate of drug-likeness (QED) is 0.344. The molecular formula is C26H33N5O7S2. The van der Waals surface area contributed by atoms with Gasteiger partial charge in [-0.15, -0.1) is 11.3 Å². The summed E-state index contributed by atoms with van der Waals surface area (Å²) in [5.41, 5.74) is 0.451. The first-order chi connectivity index (χ1) is 19.2. The van der Waals surface area contributed by atoms with E-state index in [0.29, 0.717) is 69.4 Å². The number of nitrogens with one attached hydrogen (secondary N) is 1. The zero-order chi connectivity index (χ0) is 28.3. The van der Waals surface area contributed by atoms with Gasteiger partial charge in [0.2, 0.25) is 0 Å². The van der Waals surface area contributed by atoms with Gasteiger partial charge in [-0.2, -0.15) is 0 Å². The Morgan fingerprint density at radius 2 is 1.98 bits per heavy atom. The molecule has 2 atom stereocenters. The van der Waals surface area contributed by atoms with E-state index < -0.39 is 15.7 Å². The molecule has 2 saturated heterocycles. The van der Waals surface area contributed by atoms with E-state index in [-0.39, 0.29) is 34.1 Å². The van der Waals surface area contributed by atoms with Crippen molar-refractivity contribution < 1.29 is 32.3 Å². The Bertz CT molecular complexity index is 1350. The van der Waals surface area contributed by atoms with Crippen LogP contribution in [0.3, 0.4) is 0 Å². The van der Waals surface area contributed by atoms with Crippen LogP contribution >= 0.6 is 11.3 Å². The Balaban J connectivity index is 1.26. The van der Waals surface area contributed by atoms with E-state index in [1.807, 2.05) is 0 Å². The normalized spacial score (nSPS) is 22.2. The number of hydrogen-bond donors (Lipinski definition) is 1. The van der Waals surface area contributed by atoms with Crippen molar-refractivity contribution in [3.05, 3.63) is 40.9 Å². The minimum absolute atomic E-state index is 0.0200. The average molecular weight is 592 g/mol. The first-order valence-corrected chi connectivity index (χ1v) is 15.6. The summed E-state index contributed by atoms with van der Waals surface area (Å²) >= 11 is 1.36. The molecule has 1 aromatic carbocycles. The molecule has 2 aromatic rings. The number of rotatable bonds is 9. The number of carbonyl (C=O) groups is 2. The van der Waals surface area contributed by atoms with Gasteiger partial charge < -0.3 is 19.2 Å². The predicted octanol–water partition coefficient (Wildman–Crippen LogP) is 2.50. The molecule has 216 valence electrons. The maximum Gasteiger partial charge on any atom is 0.409 e. The molecule has 14 heteroatoms. The van der Waals surface area contributed by atoms with Crippen LogP contribution in [0.15, 0.2) is 40.5 Å². The van der Waals surface area contributed by atoms with E-state index in [2.05, 4.69) is 27.3 Å². The molecule has 3 aliphatic rings. The number of methoxy groups -OCH3 is 1. The van der Waals surface area contributed by atoms with Crippen LogP contribution in [-0.2, 0) is 35.5 Å². The minimum atomic E-state index is -3.35. The van der Waals surface area contributed by atoms with Gasteiger partial charge in [0.05, 0.1) is 30.5 Å². The number of oxime groups is 1. The van der Waals surface area contributed by atoms with E-state index in [9.17, 15) is 18.0 Å². The SMILES string of the molecule is COC(=O)N1CCN(Cc2cnc(NC(=O)C(=NO[C@@H]3CCOC3)c3ccc(S(=O)(=O)C4CC4)cc3)s2)[C@H](C)C1. The number of nitrogens with zero attached hydrogens (tertiary/aromatic N) is 4. The molecule has 1 saturated carbocycles. The summed E-state index contributed by atoms with van der Waals surface area (Å²) in [6.45, 7) is 5.48. The molecule has 0 bridgehead atoms. The summed E-state index contributed by atoms with van der Waals surface area (Å²) in [4.78, 5) is 40.3. The third-order valence-electron chi connectivity index (χ3n) is 7.15. The third-order valence-corrected chi connectivity index (χ3v) is 10.3. The molecule has 0 unspecified atom stereocenters. The molecule has 40 heavy (non-hydrogen) atoms. The van der Waals surface area contributed by atoms with Gasteiger partial charge in [-0.3, -0.25) is 15.0 Å². The van der Waals surface area contributed by atoms with E-state index >= 15 is 0 Å². The maximum atomic E-state index is 13.3. The van der Waals surface area contributed by atoms with Crippen LogP contribution in [-0.4, -0.2) is 98.3 Å². The molecule has 5 rings (SSSR count). The standard InChI is InChI=1S/C26H33N5O7S2/c1-17-14-31(26(33)36-2)11-10-30(17)15-20-13-27-25(39-20)28-24(32)23(29-38-19-9-12-37-16-19)18-3-5-21(6-4-18)40(34,35)22-7-8-22/h3-6,13,17,19,22H,7-12,14-16H2,1-2H3,(H,27,28,32)/t17-,19-/m1/s1. The monoisotopic (exact) mass is 591 g/mol. The summed E-state index contributed by atoms with van der Waals surface area (Å²) in [6, 6.07) is 6.30. The van der Waals surface area contributed by atoms with Gasteiger partial charge in [0, 0.05) is 55.3 Å². The number of amides is 2. The van der Waals surface area contributed by atoms with Gasteiger partial charge in [-0.25, -0.2) is 18.2 Å². The maximum absolute atomic E-state index is 13.3. The lowest BCUT2D eigenvalue weighted by Gasteiger charge is -2.38. The summed E-state index contributed by atoms with van der Waals surface area (Å²) in [6.07, 6.45) is 3.16. The number of thiazole rings is 1. The molecule has 12 nitrogen and oxygen atoms in total. The van der Waals surface area contributed by atoms with Crippen LogP contribution in [0.25, 0.3) is 0 Å². The van der Waals surface area contributed by atoms with Crippen LogP contribution in [0.1, 0.15) is 36.6 Å². The van der Waals surface area contributed by atoms with Crippen molar-refractivity contribution in [3.8, 4) is 0 Å². The Kier molecular flexibility index (Phi) is 8.68. The van der Waals surface area contributed by atoms with Crippen molar-refractivity contribution in [2.24, 2.45) is 5.16 Å². The molecule has 2 aliphatic heterocycles. The van der Waals surface area contributed by atoms with Crippen molar-refractivity contribution in [2.75, 3.05) is 45.3 Å². The zero-order valence-corrected chi connectivity index (χ0v) is 24.1. The number of benzene rings is 1. The Hall–Kier alpha value is -3.07. The second-order valence-electron chi connectivity index (χ2n) is 10.1. The van der Waals surface area contributed by atoms with E-state index in [1.54, 1.807) is 23.2 Å². The zero-order valence-electron chi connectivity index (χ0n) is 22.4. The van der Waals surface area contributed by atoms with Crippen LogP contribution in [0.2, 0.25) is 0 Å². The highest BCUT2D eigenvalue weighted by Gasteiger charge is 2.37. The van der Waals surface area contributed by atoms with E-state index in [4.69, 9.17) is 14.3 Å². The van der Waals surface area contributed by atoms with E-state index in [1.165, 1.54) is 30.6 Å². The summed E-state index contributed by atoms with van der Waals surface area (Å²) in [7, 11) is -1.97. The Morgan fingerprint density at radius 1 is 1.20 bits per heavy atom. The fraction of sp³-hybridized carbons (Fsp3) is 0.538. The average Bonchev–Trinajstić information content (AvgIpc) is 3.53. The number of aromatic nitrogens is 1. The van der Waals surface area contributed by atoms with Gasteiger partial charge in [0.15, 0.2) is 26.8 Å². The van der Waals surface area contributed by atoms with Gasteiger partial charge in [-0.1, -0.05) is 17.3 Å². The van der Waals surface area contributed by atoms with E-state index in [0.717, 1.165) is 4.88 Å². The molecule has 1 N–H and O–H groups in total.